The Balaban J connectivity index is 2.76. The van der Waals surface area contributed by atoms with E-state index in [1.54, 1.807) is 6.07 Å². The van der Waals surface area contributed by atoms with Crippen molar-refractivity contribution < 1.29 is 8.78 Å². The van der Waals surface area contributed by atoms with E-state index in [-0.39, 0.29) is 5.56 Å². The van der Waals surface area contributed by atoms with Gasteiger partial charge in [-0.2, -0.15) is 0 Å². The molecule has 2 N–H and O–H groups in total. The van der Waals surface area contributed by atoms with Crippen molar-refractivity contribution in [3.8, 4) is 0 Å². The Bertz CT molecular complexity index is 347. The third-order valence-corrected chi connectivity index (χ3v) is 2.81. The standard InChI is InChI=1S/C12H16ClF2N/c1-12(14,15)10-6-5-9(11(13)8-10)4-2-3-7-16/h5-6,8H,2-4,7,16H2,1H3. The van der Waals surface area contributed by atoms with Crippen molar-refractivity contribution in [3.05, 3.63) is 34.3 Å². The van der Waals surface area contributed by atoms with Gasteiger partial charge >= 0.3 is 0 Å². The maximum atomic E-state index is 13.0. The molecule has 0 aromatic heterocycles. The third-order valence-electron chi connectivity index (χ3n) is 2.46. The predicted octanol–water partition coefficient (Wildman–Crippen LogP) is 3.73. The molecule has 0 aliphatic rings. The lowest BCUT2D eigenvalue weighted by Gasteiger charge is -2.12. The normalized spacial score (nSPS) is 11.8. The molecule has 0 spiro atoms. The van der Waals surface area contributed by atoms with Crippen LogP contribution in [0.15, 0.2) is 18.2 Å². The second-order valence-corrected chi connectivity index (χ2v) is 4.35. The molecule has 0 atom stereocenters. The van der Waals surface area contributed by atoms with Crippen molar-refractivity contribution in [1.29, 1.82) is 0 Å². The summed E-state index contributed by atoms with van der Waals surface area (Å²) < 4.78 is 26.0. The smallest absolute Gasteiger partial charge is 0.270 e. The lowest BCUT2D eigenvalue weighted by Crippen LogP contribution is -2.07. The molecule has 1 aromatic rings. The van der Waals surface area contributed by atoms with E-state index in [9.17, 15) is 8.78 Å². The Morgan fingerprint density at radius 1 is 1.31 bits per heavy atom. The van der Waals surface area contributed by atoms with Gasteiger partial charge in [0.2, 0.25) is 0 Å². The number of benzene rings is 1. The number of aryl methyl sites for hydroxylation is 1. The summed E-state index contributed by atoms with van der Waals surface area (Å²) in [5.74, 6) is -2.83. The zero-order valence-electron chi connectivity index (χ0n) is 9.27. The minimum absolute atomic E-state index is 0.0416. The molecule has 90 valence electrons. The Morgan fingerprint density at radius 2 is 2.00 bits per heavy atom. The van der Waals surface area contributed by atoms with Crippen LogP contribution < -0.4 is 5.73 Å². The topological polar surface area (TPSA) is 26.0 Å². The van der Waals surface area contributed by atoms with E-state index in [0.29, 0.717) is 11.6 Å². The number of unbranched alkanes of at least 4 members (excludes halogenated alkanes) is 1. The molecular weight excluding hydrogens is 232 g/mol. The van der Waals surface area contributed by atoms with Crippen LogP contribution in [0.5, 0.6) is 0 Å². The summed E-state index contributed by atoms with van der Waals surface area (Å²) in [7, 11) is 0. The van der Waals surface area contributed by atoms with E-state index in [4.69, 9.17) is 17.3 Å². The van der Waals surface area contributed by atoms with Gasteiger partial charge in [-0.25, -0.2) is 8.78 Å². The van der Waals surface area contributed by atoms with Crippen LogP contribution in [0, 0.1) is 0 Å². The van der Waals surface area contributed by atoms with Gasteiger partial charge in [-0.3, -0.25) is 0 Å². The number of rotatable bonds is 5. The van der Waals surface area contributed by atoms with Gasteiger partial charge < -0.3 is 5.73 Å². The summed E-state index contributed by atoms with van der Waals surface area (Å²) in [6.45, 7) is 1.51. The Kier molecular flexibility index (Phi) is 4.69. The molecule has 0 amide bonds. The summed E-state index contributed by atoms with van der Waals surface area (Å²) >= 11 is 5.95. The maximum absolute atomic E-state index is 13.0. The molecule has 0 unspecified atom stereocenters. The molecule has 1 nitrogen and oxygen atoms in total. The minimum atomic E-state index is -2.83. The first-order valence-electron chi connectivity index (χ1n) is 5.32. The highest BCUT2D eigenvalue weighted by atomic mass is 35.5. The largest absolute Gasteiger partial charge is 0.330 e. The zero-order valence-corrected chi connectivity index (χ0v) is 10.0. The second kappa shape index (κ2) is 5.60. The number of nitrogens with two attached hydrogens (primary N) is 1. The van der Waals surface area contributed by atoms with E-state index >= 15 is 0 Å². The first-order valence-corrected chi connectivity index (χ1v) is 5.69. The van der Waals surface area contributed by atoms with Crippen molar-refractivity contribution in [3.63, 3.8) is 0 Å². The van der Waals surface area contributed by atoms with Crippen LogP contribution in [0.2, 0.25) is 5.02 Å². The number of alkyl halides is 2. The van der Waals surface area contributed by atoms with Crippen LogP contribution >= 0.6 is 11.6 Å². The summed E-state index contributed by atoms with van der Waals surface area (Å²) in [5.41, 5.74) is 6.24. The molecule has 0 saturated heterocycles. The molecule has 0 heterocycles. The molecule has 1 rings (SSSR count). The van der Waals surface area contributed by atoms with E-state index < -0.39 is 5.92 Å². The van der Waals surface area contributed by atoms with Crippen molar-refractivity contribution in [2.75, 3.05) is 6.54 Å². The SMILES string of the molecule is CC(F)(F)c1ccc(CCCCN)c(Cl)c1. The van der Waals surface area contributed by atoms with Crippen molar-refractivity contribution in [2.24, 2.45) is 5.73 Å². The summed E-state index contributed by atoms with van der Waals surface area (Å²) in [6, 6.07) is 4.45. The van der Waals surface area contributed by atoms with Crippen LogP contribution in [-0.4, -0.2) is 6.54 Å². The van der Waals surface area contributed by atoms with Gasteiger partial charge in [0.25, 0.3) is 5.92 Å². The van der Waals surface area contributed by atoms with Gasteiger partial charge in [0, 0.05) is 17.5 Å². The average molecular weight is 248 g/mol. The fourth-order valence-corrected chi connectivity index (χ4v) is 1.76. The Labute approximate surface area is 99.6 Å². The van der Waals surface area contributed by atoms with Gasteiger partial charge in [-0.05, 0) is 37.4 Å². The molecule has 0 aliphatic heterocycles. The Morgan fingerprint density at radius 3 is 2.50 bits per heavy atom. The molecular formula is C12H16ClF2N. The first-order chi connectivity index (χ1) is 7.45. The lowest BCUT2D eigenvalue weighted by atomic mass is 10.0. The Hall–Kier alpha value is -0.670. The van der Waals surface area contributed by atoms with Crippen LogP contribution in [0.25, 0.3) is 0 Å². The van der Waals surface area contributed by atoms with Gasteiger partial charge in [0.15, 0.2) is 0 Å². The summed E-state index contributed by atoms with van der Waals surface area (Å²) in [5, 5.41) is 0.413. The number of hydrogen-bond donors (Lipinski definition) is 1. The van der Waals surface area contributed by atoms with Crippen molar-refractivity contribution in [2.45, 2.75) is 32.1 Å². The summed E-state index contributed by atoms with van der Waals surface area (Å²) in [6.07, 6.45) is 2.63. The molecule has 0 radical (unpaired) electrons. The second-order valence-electron chi connectivity index (χ2n) is 3.94. The van der Waals surface area contributed by atoms with E-state index in [0.717, 1.165) is 31.7 Å². The van der Waals surface area contributed by atoms with Gasteiger partial charge in [0.1, 0.15) is 0 Å². The zero-order chi connectivity index (χ0) is 12.2. The van der Waals surface area contributed by atoms with E-state index in [2.05, 4.69) is 0 Å². The minimum Gasteiger partial charge on any atom is -0.330 e. The highest BCUT2D eigenvalue weighted by Crippen LogP contribution is 2.30. The first kappa shape index (κ1) is 13.4. The number of hydrogen-bond acceptors (Lipinski definition) is 1. The van der Waals surface area contributed by atoms with Crippen LogP contribution in [0.3, 0.4) is 0 Å². The maximum Gasteiger partial charge on any atom is 0.270 e. The fourth-order valence-electron chi connectivity index (χ4n) is 1.48. The summed E-state index contributed by atoms with van der Waals surface area (Å²) in [4.78, 5) is 0. The highest BCUT2D eigenvalue weighted by molar-refractivity contribution is 6.31. The molecule has 1 aromatic carbocycles. The van der Waals surface area contributed by atoms with Crippen molar-refractivity contribution in [1.82, 2.24) is 0 Å². The van der Waals surface area contributed by atoms with Gasteiger partial charge in [-0.15, -0.1) is 0 Å². The predicted molar refractivity (Wildman–Crippen MR) is 63.0 cm³/mol. The van der Waals surface area contributed by atoms with E-state index in [1.165, 1.54) is 12.1 Å². The molecule has 4 heteroatoms. The average Bonchev–Trinajstić information content (AvgIpc) is 2.19. The fraction of sp³-hybridized carbons (Fsp3) is 0.500. The molecule has 0 bridgehead atoms. The quantitative estimate of drug-likeness (QED) is 0.789. The van der Waals surface area contributed by atoms with Crippen LogP contribution in [-0.2, 0) is 12.3 Å². The highest BCUT2D eigenvalue weighted by Gasteiger charge is 2.24. The molecule has 0 aliphatic carbocycles. The number of halogens is 3. The third kappa shape index (κ3) is 3.72. The van der Waals surface area contributed by atoms with Gasteiger partial charge in [0.05, 0.1) is 0 Å². The molecule has 0 fully saturated rings. The van der Waals surface area contributed by atoms with Crippen molar-refractivity contribution >= 4 is 11.6 Å². The monoisotopic (exact) mass is 247 g/mol. The lowest BCUT2D eigenvalue weighted by molar-refractivity contribution is 0.0174. The van der Waals surface area contributed by atoms with Crippen LogP contribution in [0.4, 0.5) is 8.78 Å². The van der Waals surface area contributed by atoms with Crippen LogP contribution in [0.1, 0.15) is 30.9 Å². The molecule has 0 saturated carbocycles. The van der Waals surface area contributed by atoms with Gasteiger partial charge in [-0.1, -0.05) is 23.7 Å². The van der Waals surface area contributed by atoms with E-state index in [1.807, 2.05) is 0 Å². The molecule has 16 heavy (non-hydrogen) atoms.